The molecule has 1 aliphatic rings. The smallest absolute Gasteiger partial charge is 0.223 e. The van der Waals surface area contributed by atoms with Gasteiger partial charge in [0, 0.05) is 39.0 Å². The van der Waals surface area contributed by atoms with Gasteiger partial charge in [-0.15, -0.1) is 0 Å². The van der Waals surface area contributed by atoms with Crippen molar-refractivity contribution in [3.05, 3.63) is 24.0 Å². The highest BCUT2D eigenvalue weighted by molar-refractivity contribution is 5.78. The number of hydrogen-bond acceptors (Lipinski definition) is 4. The second-order valence-electron chi connectivity index (χ2n) is 4.73. The Morgan fingerprint density at radius 2 is 2.39 bits per heavy atom. The largest absolute Gasteiger partial charge is 0.397 e. The summed E-state index contributed by atoms with van der Waals surface area (Å²) in [6.45, 7) is 2.08. The van der Waals surface area contributed by atoms with Gasteiger partial charge in [0.15, 0.2) is 0 Å². The minimum Gasteiger partial charge on any atom is -0.397 e. The Balaban J connectivity index is 1.90. The van der Waals surface area contributed by atoms with Gasteiger partial charge in [-0.25, -0.2) is 0 Å². The first-order chi connectivity index (χ1) is 8.69. The number of nitrogen functional groups attached to an aromatic ring is 1. The fourth-order valence-electron chi connectivity index (χ4n) is 2.36. The third-order valence-corrected chi connectivity index (χ3v) is 3.20. The summed E-state index contributed by atoms with van der Waals surface area (Å²) in [5.41, 5.74) is 7.47. The van der Waals surface area contributed by atoms with E-state index in [2.05, 4.69) is 4.98 Å². The molecule has 0 aromatic carbocycles. The highest BCUT2D eigenvalue weighted by Crippen LogP contribution is 2.22. The lowest BCUT2D eigenvalue weighted by Crippen LogP contribution is -2.28. The van der Waals surface area contributed by atoms with E-state index in [0.717, 1.165) is 18.5 Å². The van der Waals surface area contributed by atoms with Crippen LogP contribution in [0.4, 0.5) is 5.69 Å². The Labute approximate surface area is 107 Å². The summed E-state index contributed by atoms with van der Waals surface area (Å²) in [6, 6.07) is 1.93. The number of pyridine rings is 1. The molecule has 1 amide bonds. The molecule has 0 radical (unpaired) electrons. The van der Waals surface area contributed by atoms with E-state index in [9.17, 15) is 4.79 Å². The third kappa shape index (κ3) is 3.20. The van der Waals surface area contributed by atoms with Gasteiger partial charge in [-0.1, -0.05) is 0 Å². The van der Waals surface area contributed by atoms with E-state index >= 15 is 0 Å². The van der Waals surface area contributed by atoms with Crippen LogP contribution in [0.5, 0.6) is 0 Å². The molecule has 1 aliphatic heterocycles. The van der Waals surface area contributed by atoms with E-state index in [1.165, 1.54) is 0 Å². The molecule has 98 valence electrons. The van der Waals surface area contributed by atoms with Crippen LogP contribution in [0.25, 0.3) is 0 Å². The molecular formula is C13H19N3O2. The van der Waals surface area contributed by atoms with Crippen LogP contribution in [0.1, 0.15) is 12.0 Å². The molecular weight excluding hydrogens is 230 g/mol. The van der Waals surface area contributed by atoms with E-state index in [-0.39, 0.29) is 5.91 Å². The van der Waals surface area contributed by atoms with Gasteiger partial charge in [0.05, 0.1) is 12.3 Å². The van der Waals surface area contributed by atoms with Crippen LogP contribution >= 0.6 is 0 Å². The number of carbonyl (C=O) groups is 1. The zero-order chi connectivity index (χ0) is 13.0. The summed E-state index contributed by atoms with van der Waals surface area (Å²) < 4.78 is 5.00. The second kappa shape index (κ2) is 5.82. The van der Waals surface area contributed by atoms with Crippen molar-refractivity contribution in [1.82, 2.24) is 9.88 Å². The fraction of sp³-hybridized carbons (Fsp3) is 0.538. The fourth-order valence-corrected chi connectivity index (χ4v) is 2.36. The van der Waals surface area contributed by atoms with Gasteiger partial charge in [-0.2, -0.15) is 0 Å². The molecule has 2 heterocycles. The molecule has 0 unspecified atom stereocenters. The Morgan fingerprint density at radius 3 is 3.11 bits per heavy atom. The molecule has 0 aliphatic carbocycles. The maximum atomic E-state index is 11.8. The van der Waals surface area contributed by atoms with Crippen molar-refractivity contribution in [3.63, 3.8) is 0 Å². The predicted octanol–water partition coefficient (Wildman–Crippen LogP) is 0.701. The van der Waals surface area contributed by atoms with Crippen LogP contribution in [-0.2, 0) is 16.0 Å². The Bertz CT molecular complexity index is 422. The van der Waals surface area contributed by atoms with Gasteiger partial charge < -0.3 is 15.4 Å². The molecule has 5 nitrogen and oxygen atoms in total. The van der Waals surface area contributed by atoms with E-state index in [0.29, 0.717) is 31.2 Å². The first-order valence-corrected chi connectivity index (χ1v) is 6.15. The molecule has 1 aromatic heterocycles. The number of hydrogen-bond donors (Lipinski definition) is 1. The van der Waals surface area contributed by atoms with Crippen molar-refractivity contribution in [1.29, 1.82) is 0 Å². The minimum absolute atomic E-state index is 0.217. The first-order valence-electron chi connectivity index (χ1n) is 6.15. The Hall–Kier alpha value is -1.62. The number of rotatable bonds is 5. The number of methoxy groups -OCH3 is 1. The lowest BCUT2D eigenvalue weighted by Gasteiger charge is -2.15. The summed E-state index contributed by atoms with van der Waals surface area (Å²) in [6.07, 6.45) is 4.92. The minimum atomic E-state index is 0.217. The van der Waals surface area contributed by atoms with Crippen molar-refractivity contribution in [3.8, 4) is 0 Å². The van der Waals surface area contributed by atoms with Crippen molar-refractivity contribution in [2.45, 2.75) is 12.8 Å². The summed E-state index contributed by atoms with van der Waals surface area (Å²) in [4.78, 5) is 17.7. The summed E-state index contributed by atoms with van der Waals surface area (Å²) in [5, 5.41) is 0. The molecule has 2 N–H and O–H groups in total. The van der Waals surface area contributed by atoms with Gasteiger partial charge in [-0.3, -0.25) is 9.78 Å². The maximum Gasteiger partial charge on any atom is 0.223 e. The van der Waals surface area contributed by atoms with Gasteiger partial charge in [0.25, 0.3) is 0 Å². The summed E-state index contributed by atoms with van der Waals surface area (Å²) >= 11 is 0. The molecule has 0 spiro atoms. The normalized spacial score (nSPS) is 19.5. The van der Waals surface area contributed by atoms with E-state index < -0.39 is 0 Å². The van der Waals surface area contributed by atoms with Gasteiger partial charge in [0.2, 0.25) is 5.91 Å². The number of aromatic nitrogens is 1. The Morgan fingerprint density at radius 1 is 1.56 bits per heavy atom. The van der Waals surface area contributed by atoms with Gasteiger partial charge in [0.1, 0.15) is 0 Å². The van der Waals surface area contributed by atoms with Crippen molar-refractivity contribution >= 4 is 11.6 Å². The first kappa shape index (κ1) is 12.8. The average molecular weight is 249 g/mol. The number of anilines is 1. The van der Waals surface area contributed by atoms with Crippen LogP contribution in [0, 0.1) is 5.92 Å². The number of nitrogens with two attached hydrogens (primary N) is 1. The molecule has 18 heavy (non-hydrogen) atoms. The van der Waals surface area contributed by atoms with Crippen LogP contribution in [0.2, 0.25) is 0 Å². The molecule has 0 bridgehead atoms. The average Bonchev–Trinajstić information content (AvgIpc) is 2.67. The quantitative estimate of drug-likeness (QED) is 0.834. The zero-order valence-corrected chi connectivity index (χ0v) is 10.6. The zero-order valence-electron chi connectivity index (χ0n) is 10.6. The van der Waals surface area contributed by atoms with Crippen molar-refractivity contribution < 1.29 is 9.53 Å². The molecule has 1 aromatic rings. The van der Waals surface area contributed by atoms with Crippen molar-refractivity contribution in [2.24, 2.45) is 5.92 Å². The summed E-state index contributed by atoms with van der Waals surface area (Å²) in [7, 11) is 1.65. The second-order valence-corrected chi connectivity index (χ2v) is 4.73. The lowest BCUT2D eigenvalue weighted by molar-refractivity contribution is -0.128. The third-order valence-electron chi connectivity index (χ3n) is 3.20. The van der Waals surface area contributed by atoms with Crippen LogP contribution in [0.3, 0.4) is 0 Å². The van der Waals surface area contributed by atoms with E-state index in [1.54, 1.807) is 13.3 Å². The number of ether oxygens (including phenoxy) is 1. The van der Waals surface area contributed by atoms with Crippen LogP contribution in [0.15, 0.2) is 18.5 Å². The number of carbonyl (C=O) groups excluding carboxylic acids is 1. The number of amides is 1. The maximum absolute atomic E-state index is 11.8. The SMILES string of the molecule is COCCN1C[C@@H](Cc2cncc(N)c2)CC1=O. The molecule has 5 heteroatoms. The van der Waals surface area contributed by atoms with Gasteiger partial charge in [-0.05, 0) is 24.0 Å². The van der Waals surface area contributed by atoms with E-state index in [1.807, 2.05) is 17.2 Å². The molecule has 0 saturated carbocycles. The Kier molecular flexibility index (Phi) is 4.15. The monoisotopic (exact) mass is 249 g/mol. The molecule has 1 saturated heterocycles. The molecule has 2 rings (SSSR count). The summed E-state index contributed by atoms with van der Waals surface area (Å²) in [5.74, 6) is 0.576. The standard InChI is InChI=1S/C13H19N3O2/c1-18-3-2-16-9-11(6-13(16)17)4-10-5-12(14)8-15-7-10/h5,7-8,11H,2-4,6,9,14H2,1H3/t11-/m0/s1. The van der Waals surface area contributed by atoms with Crippen LogP contribution < -0.4 is 5.73 Å². The number of likely N-dealkylation sites (tertiary alicyclic amines) is 1. The highest BCUT2D eigenvalue weighted by Gasteiger charge is 2.29. The number of nitrogens with zero attached hydrogens (tertiary/aromatic N) is 2. The van der Waals surface area contributed by atoms with E-state index in [4.69, 9.17) is 10.5 Å². The predicted molar refractivity (Wildman–Crippen MR) is 68.9 cm³/mol. The van der Waals surface area contributed by atoms with Gasteiger partial charge >= 0.3 is 0 Å². The topological polar surface area (TPSA) is 68.4 Å². The highest BCUT2D eigenvalue weighted by atomic mass is 16.5. The molecule has 1 fully saturated rings. The molecule has 1 atom stereocenters. The lowest BCUT2D eigenvalue weighted by atomic mass is 9.99. The van der Waals surface area contributed by atoms with Crippen molar-refractivity contribution in [2.75, 3.05) is 32.5 Å². The van der Waals surface area contributed by atoms with Crippen LogP contribution in [-0.4, -0.2) is 42.6 Å².